The van der Waals surface area contributed by atoms with Crippen molar-refractivity contribution in [3.05, 3.63) is 102 Å². The van der Waals surface area contributed by atoms with Crippen molar-refractivity contribution in [2.24, 2.45) is 0 Å². The zero-order chi connectivity index (χ0) is 20.4. The standard InChI is InChI=1S/C27H25ClSi/c1-29(2,3)27-15-13-20(14-16-27)21-7-4-8-22(17-21)23-9-5-10-24(18-23)25-11-6-12-26(28)19-25/h4-19H,1-3H3. The van der Waals surface area contributed by atoms with E-state index in [4.69, 9.17) is 11.6 Å². The van der Waals surface area contributed by atoms with Gasteiger partial charge in [0.2, 0.25) is 0 Å². The van der Waals surface area contributed by atoms with Crippen molar-refractivity contribution in [3.63, 3.8) is 0 Å². The average molecular weight is 413 g/mol. The van der Waals surface area contributed by atoms with E-state index in [1.165, 1.54) is 33.0 Å². The van der Waals surface area contributed by atoms with E-state index in [2.05, 4.69) is 98.5 Å². The van der Waals surface area contributed by atoms with Crippen LogP contribution in [0.4, 0.5) is 0 Å². The van der Waals surface area contributed by atoms with Crippen molar-refractivity contribution in [2.75, 3.05) is 0 Å². The van der Waals surface area contributed by atoms with E-state index in [0.717, 1.165) is 10.6 Å². The maximum atomic E-state index is 6.18. The molecule has 0 aliphatic heterocycles. The Bertz CT molecular complexity index is 1140. The lowest BCUT2D eigenvalue weighted by molar-refractivity contribution is 1.57. The fraction of sp³-hybridized carbons (Fsp3) is 0.111. The summed E-state index contributed by atoms with van der Waals surface area (Å²) in [4.78, 5) is 0. The van der Waals surface area contributed by atoms with Crippen LogP contribution in [0, 0.1) is 0 Å². The van der Waals surface area contributed by atoms with Crippen LogP contribution >= 0.6 is 11.6 Å². The van der Waals surface area contributed by atoms with E-state index in [-0.39, 0.29) is 0 Å². The van der Waals surface area contributed by atoms with E-state index in [0.29, 0.717) is 0 Å². The van der Waals surface area contributed by atoms with Gasteiger partial charge in [0.15, 0.2) is 0 Å². The first kappa shape index (κ1) is 19.7. The number of halogens is 1. The Balaban J connectivity index is 1.68. The number of hydrogen-bond donors (Lipinski definition) is 0. The molecule has 0 nitrogen and oxygen atoms in total. The smallest absolute Gasteiger partial charge is 0.0775 e. The van der Waals surface area contributed by atoms with Gasteiger partial charge in [0.25, 0.3) is 0 Å². The largest absolute Gasteiger partial charge is 0.0843 e. The van der Waals surface area contributed by atoms with Gasteiger partial charge in [0, 0.05) is 5.02 Å². The summed E-state index contributed by atoms with van der Waals surface area (Å²) in [5.41, 5.74) is 7.26. The fourth-order valence-electron chi connectivity index (χ4n) is 3.59. The first-order valence-corrected chi connectivity index (χ1v) is 13.9. The van der Waals surface area contributed by atoms with Crippen LogP contribution < -0.4 is 5.19 Å². The summed E-state index contributed by atoms with van der Waals surface area (Å²) < 4.78 is 0. The molecule has 0 saturated heterocycles. The summed E-state index contributed by atoms with van der Waals surface area (Å²) >= 11 is 6.18. The normalized spacial score (nSPS) is 11.4. The van der Waals surface area contributed by atoms with Gasteiger partial charge in [-0.2, -0.15) is 0 Å². The molecular weight excluding hydrogens is 388 g/mol. The second-order valence-electron chi connectivity index (χ2n) is 8.50. The molecular formula is C27H25ClSi. The van der Waals surface area contributed by atoms with Crippen LogP contribution in [0.2, 0.25) is 24.7 Å². The van der Waals surface area contributed by atoms with Crippen LogP contribution in [0.3, 0.4) is 0 Å². The Hall–Kier alpha value is -2.61. The quantitative estimate of drug-likeness (QED) is 0.299. The van der Waals surface area contributed by atoms with Gasteiger partial charge in [-0.25, -0.2) is 0 Å². The monoisotopic (exact) mass is 412 g/mol. The number of rotatable bonds is 4. The molecule has 0 unspecified atom stereocenters. The average Bonchev–Trinajstić information content (AvgIpc) is 2.73. The van der Waals surface area contributed by atoms with Gasteiger partial charge in [0.05, 0.1) is 8.07 Å². The predicted molar refractivity (Wildman–Crippen MR) is 131 cm³/mol. The Morgan fingerprint density at radius 1 is 0.483 bits per heavy atom. The topological polar surface area (TPSA) is 0 Å². The number of benzene rings is 4. The molecule has 0 N–H and O–H groups in total. The fourth-order valence-corrected chi connectivity index (χ4v) is 4.94. The van der Waals surface area contributed by atoms with Crippen LogP contribution in [-0.2, 0) is 0 Å². The molecule has 0 atom stereocenters. The van der Waals surface area contributed by atoms with Gasteiger partial charge < -0.3 is 0 Å². The highest BCUT2D eigenvalue weighted by Gasteiger charge is 2.15. The first-order valence-electron chi connectivity index (χ1n) is 9.97. The Morgan fingerprint density at radius 2 is 0.897 bits per heavy atom. The van der Waals surface area contributed by atoms with Crippen molar-refractivity contribution in [2.45, 2.75) is 19.6 Å². The molecule has 0 aromatic heterocycles. The lowest BCUT2D eigenvalue weighted by Gasteiger charge is -2.17. The molecule has 4 aromatic carbocycles. The van der Waals surface area contributed by atoms with Gasteiger partial charge in [-0.15, -0.1) is 0 Å². The van der Waals surface area contributed by atoms with Gasteiger partial charge in [-0.1, -0.05) is 109 Å². The third-order valence-corrected chi connectivity index (χ3v) is 7.60. The highest BCUT2D eigenvalue weighted by atomic mass is 35.5. The highest BCUT2D eigenvalue weighted by molar-refractivity contribution is 6.88. The molecule has 4 rings (SSSR count). The summed E-state index contributed by atoms with van der Waals surface area (Å²) in [6.07, 6.45) is 0. The summed E-state index contributed by atoms with van der Waals surface area (Å²) in [5.74, 6) is 0. The minimum absolute atomic E-state index is 0.761. The maximum Gasteiger partial charge on any atom is 0.0775 e. The molecule has 0 amide bonds. The summed E-state index contributed by atoms with van der Waals surface area (Å²) in [6.45, 7) is 7.15. The van der Waals surface area contributed by atoms with E-state index in [9.17, 15) is 0 Å². The van der Waals surface area contributed by atoms with Crippen LogP contribution in [0.15, 0.2) is 97.1 Å². The Labute approximate surface area is 179 Å². The summed E-state index contributed by atoms with van der Waals surface area (Å²) in [7, 11) is -1.27. The Morgan fingerprint density at radius 3 is 1.34 bits per heavy atom. The van der Waals surface area contributed by atoms with Crippen molar-refractivity contribution < 1.29 is 0 Å². The molecule has 4 aromatic rings. The minimum atomic E-state index is -1.27. The maximum absolute atomic E-state index is 6.18. The van der Waals surface area contributed by atoms with E-state index >= 15 is 0 Å². The van der Waals surface area contributed by atoms with Gasteiger partial charge in [0.1, 0.15) is 0 Å². The lowest BCUT2D eigenvalue weighted by Crippen LogP contribution is -2.37. The molecule has 0 aliphatic rings. The molecule has 0 radical (unpaired) electrons. The molecule has 0 heterocycles. The summed E-state index contributed by atoms with van der Waals surface area (Å²) in [6, 6.07) is 34.6. The minimum Gasteiger partial charge on any atom is -0.0843 e. The van der Waals surface area contributed by atoms with Crippen LogP contribution in [-0.4, -0.2) is 8.07 Å². The van der Waals surface area contributed by atoms with Crippen molar-refractivity contribution >= 4 is 24.9 Å². The SMILES string of the molecule is C[Si](C)(C)c1ccc(-c2cccc(-c3cccc(-c4cccc(Cl)c4)c3)c2)cc1. The molecule has 0 fully saturated rings. The third-order valence-electron chi connectivity index (χ3n) is 5.30. The molecule has 2 heteroatoms. The van der Waals surface area contributed by atoms with Gasteiger partial charge in [-0.3, -0.25) is 0 Å². The van der Waals surface area contributed by atoms with Crippen LogP contribution in [0.5, 0.6) is 0 Å². The molecule has 0 bridgehead atoms. The molecule has 0 spiro atoms. The van der Waals surface area contributed by atoms with Crippen molar-refractivity contribution in [1.82, 2.24) is 0 Å². The van der Waals surface area contributed by atoms with Crippen LogP contribution in [0.1, 0.15) is 0 Å². The van der Waals surface area contributed by atoms with Crippen molar-refractivity contribution in [3.8, 4) is 33.4 Å². The van der Waals surface area contributed by atoms with E-state index in [1.807, 2.05) is 18.2 Å². The van der Waals surface area contributed by atoms with E-state index in [1.54, 1.807) is 0 Å². The first-order chi connectivity index (χ1) is 13.9. The molecule has 0 saturated carbocycles. The van der Waals surface area contributed by atoms with Gasteiger partial charge in [-0.05, 0) is 57.6 Å². The summed E-state index contributed by atoms with van der Waals surface area (Å²) in [5, 5.41) is 2.25. The number of hydrogen-bond acceptors (Lipinski definition) is 0. The van der Waals surface area contributed by atoms with Gasteiger partial charge >= 0.3 is 0 Å². The zero-order valence-corrected chi connectivity index (χ0v) is 18.9. The molecule has 0 aliphatic carbocycles. The second-order valence-corrected chi connectivity index (χ2v) is 14.0. The lowest BCUT2D eigenvalue weighted by atomic mass is 9.96. The third kappa shape index (κ3) is 4.53. The predicted octanol–water partition coefficient (Wildman–Crippen LogP) is 7.89. The van der Waals surface area contributed by atoms with E-state index < -0.39 is 8.07 Å². The molecule has 144 valence electrons. The highest BCUT2D eigenvalue weighted by Crippen LogP contribution is 2.30. The molecule has 29 heavy (non-hydrogen) atoms. The second kappa shape index (κ2) is 8.02. The van der Waals surface area contributed by atoms with Crippen molar-refractivity contribution in [1.29, 1.82) is 0 Å². The Kier molecular flexibility index (Phi) is 5.45. The van der Waals surface area contributed by atoms with Crippen LogP contribution in [0.25, 0.3) is 33.4 Å². The zero-order valence-electron chi connectivity index (χ0n) is 17.1.